The molecule has 1 aliphatic rings. The summed E-state index contributed by atoms with van der Waals surface area (Å²) >= 11 is 3.52. The summed E-state index contributed by atoms with van der Waals surface area (Å²) in [5.41, 5.74) is 6.07. The third kappa shape index (κ3) is 4.53. The van der Waals surface area contributed by atoms with Gasteiger partial charge in [-0.1, -0.05) is 48.0 Å². The molecule has 0 radical (unpaired) electrons. The Bertz CT molecular complexity index is 1190. The molecular weight excluding hydrogens is 472 g/mol. The van der Waals surface area contributed by atoms with Crippen LogP contribution in [0.4, 0.5) is 5.69 Å². The molecule has 6 nitrogen and oxygen atoms in total. The van der Waals surface area contributed by atoms with Crippen LogP contribution in [0.3, 0.4) is 0 Å². The second-order valence-electron chi connectivity index (χ2n) is 7.28. The van der Waals surface area contributed by atoms with Gasteiger partial charge in [-0.2, -0.15) is 0 Å². The second-order valence-corrected chi connectivity index (χ2v) is 8.14. The van der Waals surface area contributed by atoms with E-state index in [1.165, 1.54) is 16.6 Å². The maximum atomic E-state index is 12.8. The van der Waals surface area contributed by atoms with Crippen LogP contribution in [0.15, 0.2) is 76.8 Å². The van der Waals surface area contributed by atoms with Gasteiger partial charge in [0.25, 0.3) is 11.8 Å². The van der Waals surface area contributed by atoms with Gasteiger partial charge in [0.15, 0.2) is 11.5 Å². The summed E-state index contributed by atoms with van der Waals surface area (Å²) in [6.45, 7) is 2.41. The summed E-state index contributed by atoms with van der Waals surface area (Å²) < 4.78 is 12.1. The molecule has 1 N–H and O–H groups in total. The number of benzene rings is 3. The van der Waals surface area contributed by atoms with E-state index in [0.29, 0.717) is 33.8 Å². The van der Waals surface area contributed by atoms with Crippen molar-refractivity contribution in [1.82, 2.24) is 5.43 Å². The molecule has 3 aromatic carbocycles. The molecule has 3 aromatic rings. The number of hydrogen-bond donors (Lipinski definition) is 1. The quantitative estimate of drug-likeness (QED) is 0.396. The van der Waals surface area contributed by atoms with Crippen molar-refractivity contribution in [3.8, 4) is 11.5 Å². The fourth-order valence-corrected chi connectivity index (χ4v) is 3.86. The van der Waals surface area contributed by atoms with Gasteiger partial charge in [-0.15, -0.1) is 0 Å². The van der Waals surface area contributed by atoms with E-state index in [1.807, 2.05) is 37.3 Å². The van der Waals surface area contributed by atoms with Crippen LogP contribution in [0.5, 0.6) is 11.5 Å². The molecule has 162 valence electrons. The standard InChI is InChI=1S/C25H21BrN2O4/c1-16-8-10-17(11-9-16)15-32-23-21(26)13-18(14-22(23)31-2)12-20-24(29)27-28(25(20)30)19-6-4-3-5-7-19/h3-14H,15H2,1-2H3,(H,27,29)/b20-12+. The zero-order chi connectivity index (χ0) is 22.7. The summed E-state index contributed by atoms with van der Waals surface area (Å²) in [7, 11) is 1.54. The summed E-state index contributed by atoms with van der Waals surface area (Å²) in [4.78, 5) is 25.3. The van der Waals surface area contributed by atoms with Crippen LogP contribution >= 0.6 is 15.9 Å². The molecule has 2 amide bonds. The fourth-order valence-electron chi connectivity index (χ4n) is 3.29. The van der Waals surface area contributed by atoms with Crippen LogP contribution in [0.1, 0.15) is 16.7 Å². The Balaban J connectivity index is 1.58. The topological polar surface area (TPSA) is 67.9 Å². The van der Waals surface area contributed by atoms with Gasteiger partial charge in [-0.05, 0) is 64.3 Å². The fraction of sp³-hybridized carbons (Fsp3) is 0.120. The Morgan fingerprint density at radius 1 is 1.03 bits per heavy atom. The third-order valence-corrected chi connectivity index (χ3v) is 5.56. The van der Waals surface area contributed by atoms with E-state index >= 15 is 0 Å². The minimum atomic E-state index is -0.464. The first-order valence-electron chi connectivity index (χ1n) is 9.94. The number of hydrogen-bond acceptors (Lipinski definition) is 4. The minimum absolute atomic E-state index is 0.0381. The Morgan fingerprint density at radius 2 is 1.75 bits per heavy atom. The van der Waals surface area contributed by atoms with Crippen molar-refractivity contribution in [2.75, 3.05) is 12.1 Å². The van der Waals surface area contributed by atoms with E-state index in [4.69, 9.17) is 9.47 Å². The zero-order valence-electron chi connectivity index (χ0n) is 17.6. The average Bonchev–Trinajstić information content (AvgIpc) is 3.08. The van der Waals surface area contributed by atoms with Crippen molar-refractivity contribution in [2.45, 2.75) is 13.5 Å². The van der Waals surface area contributed by atoms with Crippen molar-refractivity contribution < 1.29 is 19.1 Å². The number of nitrogens with zero attached hydrogens (tertiary/aromatic N) is 1. The van der Waals surface area contributed by atoms with Gasteiger partial charge >= 0.3 is 0 Å². The highest BCUT2D eigenvalue weighted by Gasteiger charge is 2.34. The molecular formula is C25H21BrN2O4. The molecule has 32 heavy (non-hydrogen) atoms. The summed E-state index contributed by atoms with van der Waals surface area (Å²) in [6.07, 6.45) is 1.54. The molecule has 1 saturated heterocycles. The molecule has 1 fully saturated rings. The van der Waals surface area contributed by atoms with Crippen molar-refractivity contribution in [1.29, 1.82) is 0 Å². The molecule has 0 bridgehead atoms. The SMILES string of the molecule is COc1cc(/C=C2\C(=O)NN(c3ccccc3)C2=O)cc(Br)c1OCc1ccc(C)cc1. The molecule has 7 heteroatoms. The van der Waals surface area contributed by atoms with Gasteiger partial charge in [0.2, 0.25) is 0 Å². The number of ether oxygens (including phenoxy) is 2. The van der Waals surface area contributed by atoms with Crippen LogP contribution < -0.4 is 19.9 Å². The van der Waals surface area contributed by atoms with E-state index in [2.05, 4.69) is 21.4 Å². The Kier molecular flexibility index (Phi) is 6.28. The van der Waals surface area contributed by atoms with Gasteiger partial charge in [-0.25, -0.2) is 5.01 Å². The largest absolute Gasteiger partial charge is 0.493 e. The van der Waals surface area contributed by atoms with Crippen LogP contribution in [-0.4, -0.2) is 18.9 Å². The summed E-state index contributed by atoms with van der Waals surface area (Å²) in [5, 5.41) is 1.24. The Labute approximate surface area is 194 Å². The molecule has 1 aliphatic heterocycles. The number of methoxy groups -OCH3 is 1. The lowest BCUT2D eigenvalue weighted by Gasteiger charge is -2.14. The molecule has 0 spiro atoms. The Hall–Kier alpha value is -3.58. The van der Waals surface area contributed by atoms with E-state index in [0.717, 1.165) is 5.56 Å². The molecule has 0 aromatic heterocycles. The van der Waals surface area contributed by atoms with Crippen molar-refractivity contribution in [3.05, 3.63) is 93.5 Å². The minimum Gasteiger partial charge on any atom is -0.493 e. The summed E-state index contributed by atoms with van der Waals surface area (Å²) in [6, 6.07) is 20.5. The normalized spacial score (nSPS) is 14.6. The number of halogens is 1. The lowest BCUT2D eigenvalue weighted by molar-refractivity contribution is -0.117. The lowest BCUT2D eigenvalue weighted by atomic mass is 10.1. The van der Waals surface area contributed by atoms with Gasteiger partial charge < -0.3 is 9.47 Å². The maximum absolute atomic E-state index is 12.8. The predicted octanol–water partition coefficient (Wildman–Crippen LogP) is 4.81. The number of rotatable bonds is 6. The van der Waals surface area contributed by atoms with Gasteiger partial charge in [0.05, 0.1) is 17.3 Å². The highest BCUT2D eigenvalue weighted by atomic mass is 79.9. The van der Waals surface area contributed by atoms with Gasteiger partial charge in [0, 0.05) is 0 Å². The van der Waals surface area contributed by atoms with Crippen molar-refractivity contribution >= 4 is 39.5 Å². The molecule has 0 aliphatic carbocycles. The number of aryl methyl sites for hydroxylation is 1. The van der Waals surface area contributed by atoms with E-state index < -0.39 is 11.8 Å². The second kappa shape index (κ2) is 9.28. The van der Waals surface area contributed by atoms with Crippen LogP contribution in [0.2, 0.25) is 0 Å². The number of carbonyl (C=O) groups excluding carboxylic acids is 2. The first-order chi connectivity index (χ1) is 15.5. The average molecular weight is 493 g/mol. The van der Waals surface area contributed by atoms with Crippen LogP contribution in [0.25, 0.3) is 6.08 Å². The number of amides is 2. The van der Waals surface area contributed by atoms with E-state index in [1.54, 1.807) is 43.5 Å². The predicted molar refractivity (Wildman–Crippen MR) is 126 cm³/mol. The monoisotopic (exact) mass is 492 g/mol. The van der Waals surface area contributed by atoms with Gasteiger partial charge in [0.1, 0.15) is 12.2 Å². The van der Waals surface area contributed by atoms with Crippen molar-refractivity contribution in [2.24, 2.45) is 0 Å². The van der Waals surface area contributed by atoms with Gasteiger partial charge in [-0.3, -0.25) is 15.0 Å². The smallest absolute Gasteiger partial charge is 0.282 e. The summed E-state index contributed by atoms with van der Waals surface area (Å²) in [5.74, 6) is 0.150. The molecule has 1 heterocycles. The number of hydrazine groups is 1. The number of carbonyl (C=O) groups is 2. The van der Waals surface area contributed by atoms with E-state index in [-0.39, 0.29) is 5.57 Å². The highest BCUT2D eigenvalue weighted by Crippen LogP contribution is 2.38. The van der Waals surface area contributed by atoms with Crippen LogP contribution in [-0.2, 0) is 16.2 Å². The molecule has 0 saturated carbocycles. The number of nitrogens with one attached hydrogen (secondary N) is 1. The third-order valence-electron chi connectivity index (χ3n) is 4.97. The van der Waals surface area contributed by atoms with Crippen molar-refractivity contribution in [3.63, 3.8) is 0 Å². The molecule has 0 unspecified atom stereocenters. The lowest BCUT2D eigenvalue weighted by Crippen LogP contribution is -2.35. The first kappa shape index (κ1) is 21.6. The zero-order valence-corrected chi connectivity index (χ0v) is 19.2. The number of para-hydroxylation sites is 1. The molecule has 4 rings (SSSR count). The molecule has 0 atom stereocenters. The van der Waals surface area contributed by atoms with E-state index in [9.17, 15) is 9.59 Å². The first-order valence-corrected chi connectivity index (χ1v) is 10.7. The van der Waals surface area contributed by atoms with Crippen LogP contribution in [0, 0.1) is 6.92 Å². The number of anilines is 1. The Morgan fingerprint density at radius 3 is 2.44 bits per heavy atom. The highest BCUT2D eigenvalue weighted by molar-refractivity contribution is 9.10. The maximum Gasteiger partial charge on any atom is 0.282 e.